The number of benzene rings is 2. The Balaban J connectivity index is 1.75. The summed E-state index contributed by atoms with van der Waals surface area (Å²) in [6.45, 7) is -0.202. The van der Waals surface area contributed by atoms with Gasteiger partial charge in [-0.05, 0) is 12.1 Å². The number of rotatable bonds is 4. The average molecular weight is 348 g/mol. The zero-order valence-electron chi connectivity index (χ0n) is 13.4. The van der Waals surface area contributed by atoms with Crippen molar-refractivity contribution in [2.45, 2.75) is 6.54 Å². The van der Waals surface area contributed by atoms with Crippen LogP contribution in [0.5, 0.6) is 0 Å². The summed E-state index contributed by atoms with van der Waals surface area (Å²) < 4.78 is 1.16. The van der Waals surface area contributed by atoms with E-state index in [-0.39, 0.29) is 23.4 Å². The molecule has 0 aliphatic carbocycles. The van der Waals surface area contributed by atoms with Crippen molar-refractivity contribution in [1.29, 1.82) is 0 Å². The number of ketones is 1. The minimum Gasteiger partial charge on any atom is -0.360 e. The lowest BCUT2D eigenvalue weighted by Gasteiger charge is -2.06. The number of carbonyl (C=O) groups is 1. The van der Waals surface area contributed by atoms with Crippen molar-refractivity contribution in [1.82, 2.24) is 14.5 Å². The minimum atomic E-state index is -0.576. The van der Waals surface area contributed by atoms with Gasteiger partial charge in [0.1, 0.15) is 0 Å². The third kappa shape index (κ3) is 2.53. The second-order valence-electron chi connectivity index (χ2n) is 5.81. The number of nitro benzene ring substituents is 1. The summed E-state index contributed by atoms with van der Waals surface area (Å²) in [6, 6.07) is 11.3. The van der Waals surface area contributed by atoms with E-state index in [1.54, 1.807) is 6.20 Å². The lowest BCUT2D eigenvalue weighted by Crippen LogP contribution is -2.24. The first-order valence-corrected chi connectivity index (χ1v) is 7.77. The number of aromatic amines is 1. The van der Waals surface area contributed by atoms with Crippen LogP contribution in [0.25, 0.3) is 21.8 Å². The van der Waals surface area contributed by atoms with E-state index in [9.17, 15) is 19.7 Å². The van der Waals surface area contributed by atoms with Crippen LogP contribution in [-0.4, -0.2) is 25.2 Å². The fourth-order valence-electron chi connectivity index (χ4n) is 2.92. The highest BCUT2D eigenvalue weighted by atomic mass is 16.6. The van der Waals surface area contributed by atoms with Gasteiger partial charge in [-0.15, -0.1) is 0 Å². The van der Waals surface area contributed by atoms with Crippen LogP contribution in [-0.2, 0) is 6.54 Å². The van der Waals surface area contributed by atoms with E-state index in [0.29, 0.717) is 11.1 Å². The number of aromatic nitrogens is 3. The number of non-ortho nitro benzene ring substituents is 1. The molecule has 0 aliphatic rings. The molecule has 0 saturated carbocycles. The third-order valence-electron chi connectivity index (χ3n) is 4.22. The number of Topliss-reactive ketones (excluding diaryl/α,β-unsaturated/α-hetero) is 1. The minimum absolute atomic E-state index is 0.105. The molecule has 2 heterocycles. The average Bonchev–Trinajstić information content (AvgIpc) is 3.08. The van der Waals surface area contributed by atoms with E-state index in [0.717, 1.165) is 15.5 Å². The van der Waals surface area contributed by atoms with E-state index in [4.69, 9.17) is 0 Å². The zero-order valence-corrected chi connectivity index (χ0v) is 13.4. The van der Waals surface area contributed by atoms with Crippen molar-refractivity contribution in [2.75, 3.05) is 0 Å². The molecule has 0 amide bonds. The molecule has 2 aromatic carbocycles. The molecule has 0 spiro atoms. The molecule has 0 radical (unpaired) electrons. The quantitative estimate of drug-likeness (QED) is 0.346. The van der Waals surface area contributed by atoms with E-state index < -0.39 is 10.5 Å². The summed E-state index contributed by atoms with van der Waals surface area (Å²) in [4.78, 5) is 42.7. The molecule has 4 aromatic rings. The number of carbonyl (C=O) groups excluding carboxylic acids is 1. The van der Waals surface area contributed by atoms with Gasteiger partial charge in [0, 0.05) is 34.8 Å². The first-order valence-electron chi connectivity index (χ1n) is 7.77. The summed E-state index contributed by atoms with van der Waals surface area (Å²) in [5.74, 6) is -0.254. The van der Waals surface area contributed by atoms with Crippen molar-refractivity contribution < 1.29 is 9.72 Å². The van der Waals surface area contributed by atoms with E-state index >= 15 is 0 Å². The Morgan fingerprint density at radius 2 is 2.00 bits per heavy atom. The van der Waals surface area contributed by atoms with E-state index in [1.807, 2.05) is 24.3 Å². The first kappa shape index (κ1) is 15.7. The summed E-state index contributed by atoms with van der Waals surface area (Å²) in [5, 5.41) is 11.8. The Morgan fingerprint density at radius 1 is 1.19 bits per heavy atom. The predicted molar refractivity (Wildman–Crippen MR) is 95.3 cm³/mol. The lowest BCUT2D eigenvalue weighted by molar-refractivity contribution is -0.384. The number of H-pyrrole nitrogens is 1. The van der Waals surface area contributed by atoms with Crippen LogP contribution in [0.2, 0.25) is 0 Å². The SMILES string of the molecule is O=C(Cn1cnc2ccc([N+](=O)[O-])cc2c1=O)c1c[nH]c2ccccc12. The normalized spacial score (nSPS) is 11.1. The molecule has 0 unspecified atom stereocenters. The molecule has 0 fully saturated rings. The molecule has 4 rings (SSSR count). The highest BCUT2D eigenvalue weighted by molar-refractivity contribution is 6.07. The van der Waals surface area contributed by atoms with Crippen LogP contribution >= 0.6 is 0 Å². The molecule has 8 nitrogen and oxygen atoms in total. The highest BCUT2D eigenvalue weighted by Crippen LogP contribution is 2.19. The van der Waals surface area contributed by atoms with Crippen molar-refractivity contribution in [2.24, 2.45) is 0 Å². The van der Waals surface area contributed by atoms with Gasteiger partial charge in [-0.25, -0.2) is 4.98 Å². The van der Waals surface area contributed by atoms with E-state index in [2.05, 4.69) is 9.97 Å². The van der Waals surface area contributed by atoms with Crippen LogP contribution in [0.1, 0.15) is 10.4 Å². The molecular weight excluding hydrogens is 336 g/mol. The van der Waals surface area contributed by atoms with Gasteiger partial charge >= 0.3 is 0 Å². The summed E-state index contributed by atoms with van der Waals surface area (Å²) in [7, 11) is 0. The summed E-state index contributed by atoms with van der Waals surface area (Å²) >= 11 is 0. The van der Waals surface area contributed by atoms with Crippen molar-refractivity contribution in [3.63, 3.8) is 0 Å². The van der Waals surface area contributed by atoms with Gasteiger partial charge in [-0.3, -0.25) is 24.3 Å². The third-order valence-corrected chi connectivity index (χ3v) is 4.22. The molecule has 0 bridgehead atoms. The van der Waals surface area contributed by atoms with Gasteiger partial charge < -0.3 is 4.98 Å². The lowest BCUT2D eigenvalue weighted by atomic mass is 10.1. The molecular formula is C18H12N4O4. The second-order valence-corrected chi connectivity index (χ2v) is 5.81. The maximum atomic E-state index is 12.6. The number of nitrogens with zero attached hydrogens (tertiary/aromatic N) is 3. The predicted octanol–water partition coefficient (Wildman–Crippen LogP) is 2.67. The van der Waals surface area contributed by atoms with E-state index in [1.165, 1.54) is 24.5 Å². The summed E-state index contributed by atoms with van der Waals surface area (Å²) in [5.41, 5.74) is 0.961. The van der Waals surface area contributed by atoms with Crippen molar-refractivity contribution in [3.8, 4) is 0 Å². The Morgan fingerprint density at radius 3 is 2.81 bits per heavy atom. The van der Waals surface area contributed by atoms with Gasteiger partial charge in [-0.2, -0.15) is 0 Å². The molecule has 1 N–H and O–H groups in total. The summed E-state index contributed by atoms with van der Waals surface area (Å²) in [6.07, 6.45) is 2.89. The van der Waals surface area contributed by atoms with Gasteiger partial charge in [0.2, 0.25) is 0 Å². The Hall–Kier alpha value is -3.81. The maximum absolute atomic E-state index is 12.6. The van der Waals surface area contributed by atoms with Gasteiger partial charge in [0.05, 0.1) is 28.7 Å². The molecule has 26 heavy (non-hydrogen) atoms. The van der Waals surface area contributed by atoms with Crippen LogP contribution in [0, 0.1) is 10.1 Å². The zero-order chi connectivity index (χ0) is 18.3. The number of nitro groups is 1. The Kier molecular flexibility index (Phi) is 3.58. The molecule has 2 aromatic heterocycles. The monoisotopic (exact) mass is 348 g/mol. The van der Waals surface area contributed by atoms with Crippen molar-refractivity contribution in [3.05, 3.63) is 81.0 Å². The molecule has 8 heteroatoms. The smallest absolute Gasteiger partial charge is 0.270 e. The number of fused-ring (bicyclic) bond motifs is 2. The van der Waals surface area contributed by atoms with Crippen molar-refractivity contribution >= 4 is 33.3 Å². The van der Waals surface area contributed by atoms with Gasteiger partial charge in [0.25, 0.3) is 11.2 Å². The number of para-hydroxylation sites is 1. The highest BCUT2D eigenvalue weighted by Gasteiger charge is 2.15. The number of hydrogen-bond donors (Lipinski definition) is 1. The number of hydrogen-bond acceptors (Lipinski definition) is 5. The molecule has 0 aliphatic heterocycles. The Bertz CT molecular complexity index is 1240. The van der Waals surface area contributed by atoms with Crippen LogP contribution in [0.4, 0.5) is 5.69 Å². The fraction of sp³-hybridized carbons (Fsp3) is 0.0556. The first-order chi connectivity index (χ1) is 12.5. The van der Waals surface area contributed by atoms with Gasteiger partial charge in [0.15, 0.2) is 5.78 Å². The van der Waals surface area contributed by atoms with Crippen LogP contribution in [0.3, 0.4) is 0 Å². The van der Waals surface area contributed by atoms with Gasteiger partial charge in [-0.1, -0.05) is 18.2 Å². The maximum Gasteiger partial charge on any atom is 0.270 e. The topological polar surface area (TPSA) is 111 Å². The van der Waals surface area contributed by atoms with Crippen LogP contribution in [0.15, 0.2) is 59.8 Å². The molecule has 0 saturated heterocycles. The second kappa shape index (κ2) is 5.92. The van der Waals surface area contributed by atoms with Crippen LogP contribution < -0.4 is 5.56 Å². The standard InChI is InChI=1S/C18H12N4O4/c23-17(14-8-19-15-4-2-1-3-12(14)15)9-21-10-20-16-6-5-11(22(25)26)7-13(16)18(21)24/h1-8,10,19H,9H2. The largest absolute Gasteiger partial charge is 0.360 e. The molecule has 0 atom stereocenters. The Labute approximate surface area is 145 Å². The number of nitrogens with one attached hydrogen (secondary N) is 1. The fourth-order valence-corrected chi connectivity index (χ4v) is 2.92. The molecule has 128 valence electrons.